The lowest BCUT2D eigenvalue weighted by atomic mass is 10.1. The van der Waals surface area contributed by atoms with E-state index in [4.69, 9.17) is 9.84 Å². The highest BCUT2D eigenvalue weighted by Gasteiger charge is 2.33. The summed E-state index contributed by atoms with van der Waals surface area (Å²) in [7, 11) is 0. The average molecular weight is 241 g/mol. The maximum atomic E-state index is 10.9. The number of thiophene rings is 1. The summed E-state index contributed by atoms with van der Waals surface area (Å²) in [4.78, 5) is 12.1. The zero-order valence-corrected chi connectivity index (χ0v) is 10.1. The van der Waals surface area contributed by atoms with Crippen LogP contribution in [-0.2, 0) is 9.53 Å². The van der Waals surface area contributed by atoms with Crippen molar-refractivity contribution in [2.45, 2.75) is 32.1 Å². The van der Waals surface area contributed by atoms with E-state index in [0.29, 0.717) is 6.54 Å². The van der Waals surface area contributed by atoms with Crippen LogP contribution in [0.1, 0.15) is 23.5 Å². The molecule has 0 spiro atoms. The minimum atomic E-state index is -0.853. The fourth-order valence-corrected chi connectivity index (χ4v) is 2.91. The third-order valence-corrected chi connectivity index (χ3v) is 3.94. The second kappa shape index (κ2) is 4.53. The van der Waals surface area contributed by atoms with Gasteiger partial charge in [-0.3, -0.25) is 10.1 Å². The van der Waals surface area contributed by atoms with E-state index in [9.17, 15) is 4.79 Å². The number of aliphatic carboxylic acids is 1. The van der Waals surface area contributed by atoms with Gasteiger partial charge in [0, 0.05) is 11.4 Å². The van der Waals surface area contributed by atoms with E-state index in [0.717, 1.165) is 0 Å². The molecule has 1 saturated heterocycles. The Balaban J connectivity index is 2.08. The van der Waals surface area contributed by atoms with Gasteiger partial charge < -0.3 is 9.84 Å². The van der Waals surface area contributed by atoms with Crippen molar-refractivity contribution >= 4 is 17.3 Å². The quantitative estimate of drug-likeness (QED) is 0.825. The molecule has 3 atom stereocenters. The Hall–Kier alpha value is -0.910. The van der Waals surface area contributed by atoms with Crippen LogP contribution < -0.4 is 5.32 Å². The van der Waals surface area contributed by atoms with E-state index in [1.165, 1.54) is 10.4 Å². The number of hydrogen-bond acceptors (Lipinski definition) is 4. The molecule has 2 rings (SSSR count). The Morgan fingerprint density at radius 2 is 2.44 bits per heavy atom. The van der Waals surface area contributed by atoms with Crippen LogP contribution in [0.15, 0.2) is 11.4 Å². The summed E-state index contributed by atoms with van der Waals surface area (Å²) in [5.41, 5.74) is 1.21. The number of carboxylic acid groups (broad SMARTS) is 1. The molecule has 4 nitrogen and oxygen atoms in total. The number of carboxylic acids is 1. The number of ether oxygens (including phenoxy) is 1. The van der Waals surface area contributed by atoms with Crippen LogP contribution in [0, 0.1) is 6.92 Å². The van der Waals surface area contributed by atoms with Gasteiger partial charge in [-0.05, 0) is 30.9 Å². The van der Waals surface area contributed by atoms with Crippen molar-refractivity contribution in [2.24, 2.45) is 0 Å². The minimum absolute atomic E-state index is 0.0226. The summed E-state index contributed by atoms with van der Waals surface area (Å²) >= 11 is 1.66. The normalized spacial score (nSPS) is 30.2. The molecule has 3 unspecified atom stereocenters. The third-order valence-electron chi connectivity index (χ3n) is 2.83. The molecule has 0 aromatic carbocycles. The van der Waals surface area contributed by atoms with Gasteiger partial charge in [-0.25, -0.2) is 0 Å². The fraction of sp³-hybridized carbons (Fsp3) is 0.545. The number of rotatable bonds is 2. The smallest absolute Gasteiger partial charge is 0.323 e. The maximum Gasteiger partial charge on any atom is 0.323 e. The molecule has 0 amide bonds. The Morgan fingerprint density at radius 1 is 1.69 bits per heavy atom. The zero-order chi connectivity index (χ0) is 11.7. The van der Waals surface area contributed by atoms with Gasteiger partial charge in [0.1, 0.15) is 12.1 Å². The molecule has 0 saturated carbocycles. The molecule has 1 fully saturated rings. The largest absolute Gasteiger partial charge is 0.480 e. The second-order valence-electron chi connectivity index (χ2n) is 4.02. The van der Waals surface area contributed by atoms with Gasteiger partial charge >= 0.3 is 5.97 Å². The SMILES string of the molecule is Cc1ccsc1C1CNC(C(=O)O)C(C)O1. The molecule has 2 heterocycles. The van der Waals surface area contributed by atoms with E-state index in [1.54, 1.807) is 18.3 Å². The Morgan fingerprint density at radius 3 is 2.94 bits per heavy atom. The Bertz CT molecular complexity index is 390. The monoisotopic (exact) mass is 241 g/mol. The summed E-state index contributed by atoms with van der Waals surface area (Å²) in [6, 6.07) is 1.45. The van der Waals surface area contributed by atoms with Crippen molar-refractivity contribution in [1.29, 1.82) is 0 Å². The van der Waals surface area contributed by atoms with E-state index >= 15 is 0 Å². The van der Waals surface area contributed by atoms with Crippen LogP contribution in [0.25, 0.3) is 0 Å². The van der Waals surface area contributed by atoms with Crippen molar-refractivity contribution in [3.05, 3.63) is 21.9 Å². The number of morpholine rings is 1. The molecule has 1 aromatic heterocycles. The average Bonchev–Trinajstić information content (AvgIpc) is 2.63. The van der Waals surface area contributed by atoms with Gasteiger partial charge in [-0.15, -0.1) is 11.3 Å². The highest BCUT2D eigenvalue weighted by molar-refractivity contribution is 7.10. The fourth-order valence-electron chi connectivity index (χ4n) is 1.94. The topological polar surface area (TPSA) is 58.6 Å². The van der Waals surface area contributed by atoms with Crippen LogP contribution in [0.5, 0.6) is 0 Å². The van der Waals surface area contributed by atoms with Crippen molar-refractivity contribution in [1.82, 2.24) is 5.32 Å². The molecule has 0 bridgehead atoms. The summed E-state index contributed by atoms with van der Waals surface area (Å²) in [6.45, 7) is 4.40. The van der Waals surface area contributed by atoms with Crippen molar-refractivity contribution in [3.63, 3.8) is 0 Å². The molecule has 0 aliphatic carbocycles. The molecule has 1 aliphatic rings. The predicted molar refractivity (Wildman–Crippen MR) is 61.8 cm³/mol. The summed E-state index contributed by atoms with van der Waals surface area (Å²) in [5, 5.41) is 14.0. The van der Waals surface area contributed by atoms with E-state index in [2.05, 4.69) is 11.4 Å². The van der Waals surface area contributed by atoms with E-state index < -0.39 is 12.0 Å². The number of aryl methyl sites for hydroxylation is 1. The van der Waals surface area contributed by atoms with Gasteiger partial charge in [0.25, 0.3) is 0 Å². The van der Waals surface area contributed by atoms with E-state index in [-0.39, 0.29) is 12.2 Å². The van der Waals surface area contributed by atoms with Gasteiger partial charge in [0.05, 0.1) is 6.10 Å². The third kappa shape index (κ3) is 2.11. The van der Waals surface area contributed by atoms with Crippen molar-refractivity contribution in [2.75, 3.05) is 6.54 Å². The molecule has 2 N–H and O–H groups in total. The van der Waals surface area contributed by atoms with Gasteiger partial charge in [-0.1, -0.05) is 0 Å². The lowest BCUT2D eigenvalue weighted by Gasteiger charge is -2.33. The minimum Gasteiger partial charge on any atom is -0.480 e. The van der Waals surface area contributed by atoms with Gasteiger partial charge in [-0.2, -0.15) is 0 Å². The molecule has 1 aromatic rings. The highest BCUT2D eigenvalue weighted by Crippen LogP contribution is 2.30. The lowest BCUT2D eigenvalue weighted by molar-refractivity contribution is -0.149. The summed E-state index contributed by atoms with van der Waals surface area (Å²) < 4.78 is 5.75. The number of hydrogen-bond donors (Lipinski definition) is 2. The first-order valence-electron chi connectivity index (χ1n) is 5.25. The second-order valence-corrected chi connectivity index (χ2v) is 4.97. The Labute approximate surface area is 98.2 Å². The predicted octanol–water partition coefficient (Wildman–Crippen LogP) is 1.56. The molecule has 16 heavy (non-hydrogen) atoms. The summed E-state index contributed by atoms with van der Waals surface area (Å²) in [5.74, 6) is -0.853. The van der Waals surface area contributed by atoms with E-state index in [1.807, 2.05) is 12.3 Å². The van der Waals surface area contributed by atoms with Crippen molar-refractivity contribution in [3.8, 4) is 0 Å². The van der Waals surface area contributed by atoms with Gasteiger partial charge in [0.15, 0.2) is 0 Å². The first-order valence-corrected chi connectivity index (χ1v) is 6.13. The number of nitrogens with one attached hydrogen (secondary N) is 1. The van der Waals surface area contributed by atoms with Crippen LogP contribution in [0.2, 0.25) is 0 Å². The highest BCUT2D eigenvalue weighted by atomic mass is 32.1. The standard InChI is InChI=1S/C11H15NO3S/c1-6-3-4-16-10(6)8-5-12-9(11(13)14)7(2)15-8/h3-4,7-9,12H,5H2,1-2H3,(H,13,14). The van der Waals surface area contributed by atoms with Gasteiger partial charge in [0.2, 0.25) is 0 Å². The number of carbonyl (C=O) groups is 1. The van der Waals surface area contributed by atoms with Crippen LogP contribution >= 0.6 is 11.3 Å². The molecule has 1 aliphatic heterocycles. The molecule has 0 radical (unpaired) electrons. The zero-order valence-electron chi connectivity index (χ0n) is 9.27. The van der Waals surface area contributed by atoms with Crippen LogP contribution in [-0.4, -0.2) is 29.8 Å². The molecule has 88 valence electrons. The van der Waals surface area contributed by atoms with Crippen LogP contribution in [0.4, 0.5) is 0 Å². The van der Waals surface area contributed by atoms with Crippen LogP contribution in [0.3, 0.4) is 0 Å². The summed E-state index contributed by atoms with van der Waals surface area (Å²) in [6.07, 6.45) is -0.330. The van der Waals surface area contributed by atoms with Crippen molar-refractivity contribution < 1.29 is 14.6 Å². The molecule has 5 heteroatoms. The molecular formula is C11H15NO3S. The lowest BCUT2D eigenvalue weighted by Crippen LogP contribution is -2.52. The first-order chi connectivity index (χ1) is 7.59. The Kier molecular flexibility index (Phi) is 3.28. The first kappa shape index (κ1) is 11.6. The maximum absolute atomic E-state index is 10.9. The molecular weight excluding hydrogens is 226 g/mol.